The van der Waals surface area contributed by atoms with E-state index in [9.17, 15) is 24.9 Å². The highest BCUT2D eigenvalue weighted by Crippen LogP contribution is 2.19. The fourth-order valence-corrected chi connectivity index (χ4v) is 1.62. The van der Waals surface area contributed by atoms with Crippen LogP contribution in [0.2, 0.25) is 0 Å². The van der Waals surface area contributed by atoms with E-state index in [1.165, 1.54) is 0 Å². The highest BCUT2D eigenvalue weighted by atomic mass is 16.6. The minimum Gasteiger partial charge on any atom is -0.394 e. The highest BCUT2D eigenvalue weighted by Gasteiger charge is 2.44. The Balaban J connectivity index is 2.59. The topological polar surface area (TPSA) is 148 Å². The van der Waals surface area contributed by atoms with Gasteiger partial charge < -0.3 is 35.8 Å². The summed E-state index contributed by atoms with van der Waals surface area (Å²) in [4.78, 5) is 21.3. The fourth-order valence-electron chi connectivity index (χ4n) is 1.62. The molecule has 1 heterocycles. The monoisotopic (exact) mass is 264 g/mol. The number of ether oxygens (including phenoxy) is 1. The zero-order valence-corrected chi connectivity index (χ0v) is 9.39. The number of carbonyl (C=O) groups is 2. The maximum absolute atomic E-state index is 11.3. The number of aliphatic hydroxyl groups is 4. The van der Waals surface area contributed by atoms with Crippen LogP contribution in [0.15, 0.2) is 0 Å². The van der Waals surface area contributed by atoms with Crippen molar-refractivity contribution >= 4 is 12.3 Å². The molecule has 1 saturated heterocycles. The number of hydrogen-bond donors (Lipinski definition) is 6. The first kappa shape index (κ1) is 14.8. The van der Waals surface area contributed by atoms with Crippen molar-refractivity contribution in [1.29, 1.82) is 0 Å². The molecular formula is C9H16N2O7. The van der Waals surface area contributed by atoms with Crippen LogP contribution in [0.5, 0.6) is 0 Å². The molecule has 6 N–H and O–H groups in total. The number of aliphatic hydroxyl groups excluding tert-OH is 4. The van der Waals surface area contributed by atoms with E-state index in [4.69, 9.17) is 9.84 Å². The maximum Gasteiger partial charge on any atom is 0.239 e. The summed E-state index contributed by atoms with van der Waals surface area (Å²) in [6.07, 6.45) is -5.31. The summed E-state index contributed by atoms with van der Waals surface area (Å²) in [5, 5.41) is 41.9. The fraction of sp³-hybridized carbons (Fsp3) is 0.778. The third-order valence-corrected chi connectivity index (χ3v) is 2.57. The molecule has 0 saturated carbocycles. The molecule has 5 unspecified atom stereocenters. The lowest BCUT2D eigenvalue weighted by Crippen LogP contribution is -2.64. The van der Waals surface area contributed by atoms with Gasteiger partial charge in [-0.05, 0) is 0 Å². The summed E-state index contributed by atoms with van der Waals surface area (Å²) >= 11 is 0. The van der Waals surface area contributed by atoms with Gasteiger partial charge in [-0.3, -0.25) is 9.59 Å². The van der Waals surface area contributed by atoms with Gasteiger partial charge in [0.15, 0.2) is 6.29 Å². The van der Waals surface area contributed by atoms with Gasteiger partial charge in [-0.2, -0.15) is 0 Å². The zero-order valence-electron chi connectivity index (χ0n) is 9.39. The Bertz CT molecular complexity index is 301. The Morgan fingerprint density at radius 1 is 1.28 bits per heavy atom. The normalized spacial score (nSPS) is 35.9. The SMILES string of the molecule is O=CNCC(=O)NC1C(O)OC(CO)C(O)C1O. The molecule has 9 nitrogen and oxygen atoms in total. The van der Waals surface area contributed by atoms with Gasteiger partial charge in [0, 0.05) is 0 Å². The lowest BCUT2D eigenvalue weighted by atomic mass is 9.97. The van der Waals surface area contributed by atoms with Crippen molar-refractivity contribution in [2.24, 2.45) is 0 Å². The highest BCUT2D eigenvalue weighted by molar-refractivity contribution is 5.80. The molecule has 9 heteroatoms. The Hall–Kier alpha value is -1.26. The van der Waals surface area contributed by atoms with Crippen LogP contribution >= 0.6 is 0 Å². The number of carbonyl (C=O) groups excluding carboxylic acids is 2. The second-order valence-corrected chi connectivity index (χ2v) is 3.82. The van der Waals surface area contributed by atoms with Crippen LogP contribution < -0.4 is 10.6 Å². The van der Waals surface area contributed by atoms with E-state index in [0.29, 0.717) is 6.41 Å². The molecule has 1 rings (SSSR count). The van der Waals surface area contributed by atoms with Crippen LogP contribution in [0.4, 0.5) is 0 Å². The van der Waals surface area contributed by atoms with Crippen molar-refractivity contribution in [2.75, 3.05) is 13.2 Å². The van der Waals surface area contributed by atoms with Gasteiger partial charge >= 0.3 is 0 Å². The molecular weight excluding hydrogens is 248 g/mol. The van der Waals surface area contributed by atoms with E-state index in [2.05, 4.69) is 10.6 Å². The molecule has 0 spiro atoms. The molecule has 1 aliphatic rings. The maximum atomic E-state index is 11.3. The first-order chi connectivity index (χ1) is 8.51. The van der Waals surface area contributed by atoms with Crippen LogP contribution in [0.3, 0.4) is 0 Å². The van der Waals surface area contributed by atoms with Crippen LogP contribution in [0.25, 0.3) is 0 Å². The summed E-state index contributed by atoms with van der Waals surface area (Å²) in [5.74, 6) is -0.663. The zero-order chi connectivity index (χ0) is 13.7. The van der Waals surface area contributed by atoms with Crippen LogP contribution in [0, 0.1) is 0 Å². The van der Waals surface area contributed by atoms with Crippen molar-refractivity contribution in [3.05, 3.63) is 0 Å². The predicted molar refractivity (Wildman–Crippen MR) is 56.0 cm³/mol. The van der Waals surface area contributed by atoms with Crippen molar-refractivity contribution < 1.29 is 34.8 Å². The average Bonchev–Trinajstić information content (AvgIpc) is 2.36. The number of rotatable bonds is 5. The van der Waals surface area contributed by atoms with Gasteiger partial charge in [0.05, 0.1) is 13.2 Å². The molecule has 104 valence electrons. The smallest absolute Gasteiger partial charge is 0.239 e. The van der Waals surface area contributed by atoms with Crippen LogP contribution in [-0.2, 0) is 14.3 Å². The van der Waals surface area contributed by atoms with Gasteiger partial charge in [0.1, 0.15) is 24.4 Å². The average molecular weight is 264 g/mol. The third kappa shape index (κ3) is 3.37. The van der Waals surface area contributed by atoms with E-state index >= 15 is 0 Å². The molecule has 0 radical (unpaired) electrons. The lowest BCUT2D eigenvalue weighted by Gasteiger charge is -2.40. The number of nitrogens with one attached hydrogen (secondary N) is 2. The van der Waals surface area contributed by atoms with Gasteiger partial charge in [0.2, 0.25) is 12.3 Å². The second kappa shape index (κ2) is 6.61. The molecule has 0 aromatic carbocycles. The number of amides is 2. The molecule has 0 aliphatic carbocycles. The summed E-state index contributed by atoms with van der Waals surface area (Å²) in [6, 6.07) is -1.25. The Morgan fingerprint density at radius 3 is 2.50 bits per heavy atom. The first-order valence-corrected chi connectivity index (χ1v) is 5.28. The van der Waals surface area contributed by atoms with Crippen molar-refractivity contribution in [3.63, 3.8) is 0 Å². The van der Waals surface area contributed by atoms with Crippen LogP contribution in [-0.4, -0.2) is 76.5 Å². The van der Waals surface area contributed by atoms with Crippen LogP contribution in [0.1, 0.15) is 0 Å². The summed E-state index contributed by atoms with van der Waals surface area (Å²) < 4.78 is 4.83. The molecule has 2 amide bonds. The molecule has 0 bridgehead atoms. The molecule has 0 aromatic rings. The van der Waals surface area contributed by atoms with E-state index in [0.717, 1.165) is 0 Å². The van der Waals surface area contributed by atoms with E-state index in [1.54, 1.807) is 0 Å². The van der Waals surface area contributed by atoms with Gasteiger partial charge in [0.25, 0.3) is 0 Å². The second-order valence-electron chi connectivity index (χ2n) is 3.82. The number of hydrogen-bond acceptors (Lipinski definition) is 7. The van der Waals surface area contributed by atoms with E-state index in [1.807, 2.05) is 0 Å². The van der Waals surface area contributed by atoms with E-state index in [-0.39, 0.29) is 6.54 Å². The molecule has 1 fully saturated rings. The lowest BCUT2D eigenvalue weighted by molar-refractivity contribution is -0.253. The summed E-state index contributed by atoms with van der Waals surface area (Å²) in [6.45, 7) is -0.915. The Labute approximate surface area is 102 Å². The van der Waals surface area contributed by atoms with Crippen molar-refractivity contribution in [3.8, 4) is 0 Å². The Kier molecular flexibility index (Phi) is 5.44. The molecule has 18 heavy (non-hydrogen) atoms. The third-order valence-electron chi connectivity index (χ3n) is 2.57. The first-order valence-electron chi connectivity index (χ1n) is 5.28. The molecule has 0 aromatic heterocycles. The van der Waals surface area contributed by atoms with Gasteiger partial charge in [-0.15, -0.1) is 0 Å². The van der Waals surface area contributed by atoms with Crippen molar-refractivity contribution in [1.82, 2.24) is 10.6 Å². The van der Waals surface area contributed by atoms with Gasteiger partial charge in [-0.1, -0.05) is 0 Å². The standard InChI is InChI=1S/C9H16N2O7/c12-2-4-7(15)8(16)6(9(17)18-4)11-5(14)1-10-3-13/h3-4,6-9,12,15-17H,1-2H2,(H,10,13)(H,11,14). The molecule has 5 atom stereocenters. The largest absolute Gasteiger partial charge is 0.394 e. The predicted octanol–water partition coefficient (Wildman–Crippen LogP) is -4.35. The minimum atomic E-state index is -1.57. The quantitative estimate of drug-likeness (QED) is 0.275. The summed E-state index contributed by atoms with van der Waals surface area (Å²) in [7, 11) is 0. The summed E-state index contributed by atoms with van der Waals surface area (Å²) in [5.41, 5.74) is 0. The Morgan fingerprint density at radius 2 is 1.94 bits per heavy atom. The van der Waals surface area contributed by atoms with E-state index < -0.39 is 43.2 Å². The molecule has 1 aliphatic heterocycles. The minimum absolute atomic E-state index is 0.320. The van der Waals surface area contributed by atoms with Crippen molar-refractivity contribution in [2.45, 2.75) is 30.6 Å². The van der Waals surface area contributed by atoms with Gasteiger partial charge in [-0.25, -0.2) is 0 Å².